The topological polar surface area (TPSA) is 53.8 Å². The van der Waals surface area contributed by atoms with Crippen LogP contribution >= 0.6 is 12.2 Å². The predicted octanol–water partition coefficient (Wildman–Crippen LogP) is 1.77. The van der Waals surface area contributed by atoms with Gasteiger partial charge >= 0.3 is 0 Å². The van der Waals surface area contributed by atoms with E-state index in [4.69, 9.17) is 17.3 Å². The molecule has 0 aliphatic carbocycles. The van der Waals surface area contributed by atoms with E-state index in [2.05, 4.69) is 10.2 Å². The molecule has 15 heavy (non-hydrogen) atoms. The molecule has 0 saturated carbocycles. The second-order valence-corrected chi connectivity index (χ2v) is 3.73. The summed E-state index contributed by atoms with van der Waals surface area (Å²) < 4.78 is 2.45. The lowest BCUT2D eigenvalue weighted by Crippen LogP contribution is -1.98. The molecule has 4 nitrogen and oxygen atoms in total. The number of phenolic OH excluding ortho intramolecular Hbond substituents is 1. The Bertz CT molecular complexity index is 512. The van der Waals surface area contributed by atoms with E-state index in [1.54, 1.807) is 12.1 Å². The number of hydrogen-bond acceptors (Lipinski definition) is 3. The first-order valence-corrected chi connectivity index (χ1v) is 4.96. The lowest BCUT2D eigenvalue weighted by atomic mass is 10.1. The Morgan fingerprint density at radius 2 is 2.07 bits per heavy atom. The maximum atomic E-state index is 9.14. The van der Waals surface area contributed by atoms with Gasteiger partial charge in [0, 0.05) is 13.5 Å². The zero-order valence-corrected chi connectivity index (χ0v) is 9.08. The molecule has 0 amide bonds. The molecular formula is C10H11N3OS. The van der Waals surface area contributed by atoms with Gasteiger partial charge in [-0.25, -0.2) is 0 Å². The van der Waals surface area contributed by atoms with Gasteiger partial charge in [-0.05, 0) is 29.9 Å². The average Bonchev–Trinajstić information content (AvgIpc) is 2.53. The van der Waals surface area contributed by atoms with Gasteiger partial charge in [-0.3, -0.25) is 5.10 Å². The van der Waals surface area contributed by atoms with Crippen LogP contribution in [0.25, 0.3) is 0 Å². The van der Waals surface area contributed by atoms with Gasteiger partial charge in [-0.15, -0.1) is 0 Å². The Morgan fingerprint density at radius 3 is 2.60 bits per heavy atom. The smallest absolute Gasteiger partial charge is 0.194 e. The number of phenols is 1. The molecule has 1 heterocycles. The first-order chi connectivity index (χ1) is 7.16. The fourth-order valence-corrected chi connectivity index (χ4v) is 1.49. The van der Waals surface area contributed by atoms with E-state index >= 15 is 0 Å². The maximum Gasteiger partial charge on any atom is 0.194 e. The van der Waals surface area contributed by atoms with E-state index in [1.165, 1.54) is 0 Å². The van der Waals surface area contributed by atoms with E-state index in [0.717, 1.165) is 11.4 Å². The van der Waals surface area contributed by atoms with E-state index in [0.29, 0.717) is 11.2 Å². The highest BCUT2D eigenvalue weighted by Gasteiger charge is 2.03. The molecule has 0 radical (unpaired) electrons. The highest BCUT2D eigenvalue weighted by Crippen LogP contribution is 2.12. The molecule has 0 bridgehead atoms. The first-order valence-electron chi connectivity index (χ1n) is 4.55. The number of aromatic nitrogens is 3. The van der Waals surface area contributed by atoms with Crippen LogP contribution in [0.15, 0.2) is 24.3 Å². The van der Waals surface area contributed by atoms with Gasteiger partial charge in [-0.2, -0.15) is 5.10 Å². The Hall–Kier alpha value is -1.62. The summed E-state index contributed by atoms with van der Waals surface area (Å²) in [7, 11) is 1.88. The van der Waals surface area contributed by atoms with Crippen molar-refractivity contribution in [3.8, 4) is 5.75 Å². The molecule has 0 unspecified atom stereocenters. The summed E-state index contributed by atoms with van der Waals surface area (Å²) in [5, 5.41) is 16.0. The van der Waals surface area contributed by atoms with Crippen molar-refractivity contribution in [1.29, 1.82) is 0 Å². The number of benzene rings is 1. The highest BCUT2D eigenvalue weighted by atomic mass is 32.1. The molecule has 1 aromatic carbocycles. The van der Waals surface area contributed by atoms with Crippen molar-refractivity contribution in [3.63, 3.8) is 0 Å². The molecule has 78 valence electrons. The third-order valence-electron chi connectivity index (χ3n) is 2.27. The molecule has 2 aromatic rings. The van der Waals surface area contributed by atoms with Crippen molar-refractivity contribution in [1.82, 2.24) is 14.8 Å². The van der Waals surface area contributed by atoms with Gasteiger partial charge in [0.15, 0.2) is 4.77 Å². The van der Waals surface area contributed by atoms with Crippen LogP contribution in [0.5, 0.6) is 5.75 Å². The minimum absolute atomic E-state index is 0.272. The molecule has 1 aromatic heterocycles. The van der Waals surface area contributed by atoms with Crippen LogP contribution in [0, 0.1) is 4.77 Å². The van der Waals surface area contributed by atoms with Crippen molar-refractivity contribution in [2.75, 3.05) is 0 Å². The summed E-state index contributed by atoms with van der Waals surface area (Å²) in [6.07, 6.45) is 0.698. The van der Waals surface area contributed by atoms with Crippen molar-refractivity contribution >= 4 is 12.2 Å². The van der Waals surface area contributed by atoms with Crippen LogP contribution in [0.3, 0.4) is 0 Å². The van der Waals surface area contributed by atoms with Gasteiger partial charge < -0.3 is 9.67 Å². The fraction of sp³-hybridized carbons (Fsp3) is 0.200. The number of H-pyrrole nitrogens is 1. The molecule has 0 fully saturated rings. The Kier molecular flexibility index (Phi) is 2.55. The molecule has 0 saturated heterocycles. The average molecular weight is 221 g/mol. The summed E-state index contributed by atoms with van der Waals surface area (Å²) in [6, 6.07) is 7.06. The second kappa shape index (κ2) is 3.86. The number of aromatic amines is 1. The van der Waals surface area contributed by atoms with E-state index in [-0.39, 0.29) is 5.75 Å². The van der Waals surface area contributed by atoms with Gasteiger partial charge in [0.2, 0.25) is 0 Å². The Labute approximate surface area is 92.2 Å². The molecule has 0 atom stereocenters. The Balaban J connectivity index is 2.26. The van der Waals surface area contributed by atoms with Crippen molar-refractivity contribution in [2.45, 2.75) is 6.42 Å². The molecule has 2 N–H and O–H groups in total. The zero-order chi connectivity index (χ0) is 10.8. The van der Waals surface area contributed by atoms with Crippen molar-refractivity contribution in [2.24, 2.45) is 7.05 Å². The largest absolute Gasteiger partial charge is 0.508 e. The quantitative estimate of drug-likeness (QED) is 0.760. The van der Waals surface area contributed by atoms with E-state index in [9.17, 15) is 0 Å². The van der Waals surface area contributed by atoms with Gasteiger partial charge in [-0.1, -0.05) is 12.1 Å². The minimum atomic E-state index is 0.272. The van der Waals surface area contributed by atoms with Crippen LogP contribution in [-0.2, 0) is 13.5 Å². The monoisotopic (exact) mass is 221 g/mol. The number of nitrogens with one attached hydrogen (secondary N) is 1. The van der Waals surface area contributed by atoms with E-state index < -0.39 is 0 Å². The van der Waals surface area contributed by atoms with Crippen LogP contribution in [0.1, 0.15) is 11.4 Å². The van der Waals surface area contributed by atoms with Crippen molar-refractivity contribution < 1.29 is 5.11 Å². The zero-order valence-electron chi connectivity index (χ0n) is 8.27. The standard InChI is InChI=1S/C10H11N3OS/c1-13-9(11-12-10(13)15)6-7-2-4-8(14)5-3-7/h2-5,14H,6H2,1H3,(H,12,15). The minimum Gasteiger partial charge on any atom is -0.508 e. The summed E-state index contributed by atoms with van der Waals surface area (Å²) in [6.45, 7) is 0. The van der Waals surface area contributed by atoms with Crippen molar-refractivity contribution in [3.05, 3.63) is 40.4 Å². The summed E-state index contributed by atoms with van der Waals surface area (Å²) in [5.74, 6) is 1.15. The molecule has 0 aliphatic rings. The summed E-state index contributed by atoms with van der Waals surface area (Å²) in [4.78, 5) is 0. The van der Waals surface area contributed by atoms with Gasteiger partial charge in [0.25, 0.3) is 0 Å². The number of rotatable bonds is 2. The Morgan fingerprint density at radius 1 is 1.40 bits per heavy atom. The predicted molar refractivity (Wildman–Crippen MR) is 59.3 cm³/mol. The van der Waals surface area contributed by atoms with Gasteiger partial charge in [0.05, 0.1) is 0 Å². The van der Waals surface area contributed by atoms with E-state index in [1.807, 2.05) is 23.7 Å². The molecular weight excluding hydrogens is 210 g/mol. The van der Waals surface area contributed by atoms with Crippen LogP contribution in [-0.4, -0.2) is 19.9 Å². The first kappa shape index (κ1) is 9.92. The fourth-order valence-electron chi connectivity index (χ4n) is 1.33. The maximum absolute atomic E-state index is 9.14. The number of aromatic hydroxyl groups is 1. The lowest BCUT2D eigenvalue weighted by molar-refractivity contribution is 0.475. The molecule has 5 heteroatoms. The van der Waals surface area contributed by atoms with Gasteiger partial charge in [0.1, 0.15) is 11.6 Å². The SMILES string of the molecule is Cn1c(Cc2ccc(O)cc2)n[nH]c1=S. The summed E-state index contributed by atoms with van der Waals surface area (Å²) in [5.41, 5.74) is 1.09. The highest BCUT2D eigenvalue weighted by molar-refractivity contribution is 7.71. The third-order valence-corrected chi connectivity index (χ3v) is 2.64. The second-order valence-electron chi connectivity index (χ2n) is 3.35. The molecule has 0 spiro atoms. The van der Waals surface area contributed by atoms with Crippen LogP contribution in [0.2, 0.25) is 0 Å². The summed E-state index contributed by atoms with van der Waals surface area (Å²) >= 11 is 5.02. The third kappa shape index (κ3) is 2.07. The van der Waals surface area contributed by atoms with Crippen LogP contribution in [0.4, 0.5) is 0 Å². The number of hydrogen-bond donors (Lipinski definition) is 2. The number of nitrogens with zero attached hydrogens (tertiary/aromatic N) is 2. The lowest BCUT2D eigenvalue weighted by Gasteiger charge is -2.00. The molecule has 0 aliphatic heterocycles. The normalized spacial score (nSPS) is 10.5. The molecule has 2 rings (SSSR count). The van der Waals surface area contributed by atoms with Crippen LogP contribution < -0.4 is 0 Å².